The van der Waals surface area contributed by atoms with E-state index in [4.69, 9.17) is 0 Å². The van der Waals surface area contributed by atoms with Crippen molar-refractivity contribution in [1.29, 1.82) is 0 Å². The fourth-order valence-electron chi connectivity index (χ4n) is 2.76. The number of rotatable bonds is 8. The zero-order valence-corrected chi connectivity index (χ0v) is 14.9. The van der Waals surface area contributed by atoms with Crippen LogP contribution in [0.5, 0.6) is 0 Å². The fourth-order valence-corrected chi connectivity index (χ4v) is 2.76. The summed E-state index contributed by atoms with van der Waals surface area (Å²) < 4.78 is 0. The van der Waals surface area contributed by atoms with Crippen molar-refractivity contribution in [2.24, 2.45) is 0 Å². The maximum absolute atomic E-state index is 4.23. The van der Waals surface area contributed by atoms with Crippen LogP contribution in [-0.2, 0) is 6.54 Å². The lowest BCUT2D eigenvalue weighted by atomic mass is 10.2. The smallest absolute Gasteiger partial charge is 0.0312 e. The van der Waals surface area contributed by atoms with Gasteiger partial charge in [-0.1, -0.05) is 91.0 Å². The molecule has 1 heterocycles. The lowest BCUT2D eigenvalue weighted by Crippen LogP contribution is -2.23. The highest BCUT2D eigenvalue weighted by molar-refractivity contribution is 5.49. The zero-order valence-electron chi connectivity index (χ0n) is 14.9. The molecule has 130 valence electrons. The number of aromatic nitrogens is 1. The molecule has 0 N–H and O–H groups in total. The van der Waals surface area contributed by atoms with Gasteiger partial charge in [0.2, 0.25) is 0 Å². The molecule has 2 heteroatoms. The van der Waals surface area contributed by atoms with E-state index < -0.39 is 0 Å². The third-order valence-electron chi connectivity index (χ3n) is 4.08. The molecule has 2 nitrogen and oxygen atoms in total. The lowest BCUT2D eigenvalue weighted by molar-refractivity contribution is 0.328. The van der Waals surface area contributed by atoms with E-state index in [9.17, 15) is 0 Å². The summed E-state index contributed by atoms with van der Waals surface area (Å²) in [5.41, 5.74) is 3.69. The van der Waals surface area contributed by atoms with E-state index in [0.29, 0.717) is 0 Å². The third-order valence-corrected chi connectivity index (χ3v) is 4.08. The number of hydrogen-bond donors (Lipinski definition) is 0. The Balaban J connectivity index is 1.63. The Morgan fingerprint density at radius 1 is 0.692 bits per heavy atom. The van der Waals surface area contributed by atoms with E-state index in [0.717, 1.165) is 19.6 Å². The second-order valence-electron chi connectivity index (χ2n) is 6.18. The first-order valence-electron chi connectivity index (χ1n) is 8.94. The van der Waals surface area contributed by atoms with Crippen molar-refractivity contribution in [2.75, 3.05) is 13.1 Å². The number of pyridine rings is 1. The van der Waals surface area contributed by atoms with E-state index >= 15 is 0 Å². The summed E-state index contributed by atoms with van der Waals surface area (Å²) in [4.78, 5) is 6.63. The Morgan fingerprint density at radius 3 is 1.77 bits per heavy atom. The van der Waals surface area contributed by atoms with Crippen molar-refractivity contribution in [3.8, 4) is 0 Å². The van der Waals surface area contributed by atoms with E-state index in [1.165, 1.54) is 16.7 Å². The van der Waals surface area contributed by atoms with Gasteiger partial charge < -0.3 is 0 Å². The molecule has 0 saturated carbocycles. The average molecular weight is 340 g/mol. The molecule has 0 spiro atoms. The second-order valence-corrected chi connectivity index (χ2v) is 6.18. The molecular weight excluding hydrogens is 316 g/mol. The monoisotopic (exact) mass is 340 g/mol. The molecule has 0 aliphatic carbocycles. The molecule has 0 amide bonds. The van der Waals surface area contributed by atoms with Crippen LogP contribution in [0.3, 0.4) is 0 Å². The Hall–Kier alpha value is -2.97. The first-order chi connectivity index (χ1) is 12.9. The first-order valence-corrected chi connectivity index (χ1v) is 8.94. The topological polar surface area (TPSA) is 16.1 Å². The van der Waals surface area contributed by atoms with Crippen LogP contribution < -0.4 is 0 Å². The van der Waals surface area contributed by atoms with E-state index in [2.05, 4.69) is 88.8 Å². The van der Waals surface area contributed by atoms with Crippen molar-refractivity contribution in [2.45, 2.75) is 6.54 Å². The maximum atomic E-state index is 4.23. The summed E-state index contributed by atoms with van der Waals surface area (Å²) >= 11 is 0. The molecule has 3 aromatic rings. The minimum atomic E-state index is 0.881. The predicted octanol–water partition coefficient (Wildman–Crippen LogP) is 5.31. The molecular formula is C24H24N2. The van der Waals surface area contributed by atoms with Gasteiger partial charge in [-0.05, 0) is 22.8 Å². The highest BCUT2D eigenvalue weighted by Gasteiger charge is 2.02. The fraction of sp³-hybridized carbons (Fsp3) is 0.125. The Bertz CT molecular complexity index is 757. The van der Waals surface area contributed by atoms with Gasteiger partial charge in [0, 0.05) is 32.0 Å². The second kappa shape index (κ2) is 10.1. The van der Waals surface area contributed by atoms with Crippen molar-refractivity contribution in [3.63, 3.8) is 0 Å². The summed E-state index contributed by atoms with van der Waals surface area (Å²) in [6.07, 6.45) is 12.6. The quantitative estimate of drug-likeness (QED) is 0.552. The summed E-state index contributed by atoms with van der Waals surface area (Å²) in [6, 6.07) is 25.0. The van der Waals surface area contributed by atoms with Crippen molar-refractivity contribution in [3.05, 3.63) is 114 Å². The van der Waals surface area contributed by atoms with Crippen LogP contribution in [-0.4, -0.2) is 23.0 Å². The molecule has 0 aliphatic heterocycles. The van der Waals surface area contributed by atoms with Gasteiger partial charge in [0.05, 0.1) is 0 Å². The van der Waals surface area contributed by atoms with Gasteiger partial charge in [-0.2, -0.15) is 0 Å². The lowest BCUT2D eigenvalue weighted by Gasteiger charge is -2.18. The Kier molecular flexibility index (Phi) is 6.94. The van der Waals surface area contributed by atoms with Crippen LogP contribution in [0.1, 0.15) is 16.7 Å². The van der Waals surface area contributed by atoms with Gasteiger partial charge in [-0.3, -0.25) is 9.88 Å². The summed E-state index contributed by atoms with van der Waals surface area (Å²) in [5, 5.41) is 0. The first kappa shape index (κ1) is 17.8. The molecule has 0 radical (unpaired) electrons. The Morgan fingerprint density at radius 2 is 1.27 bits per heavy atom. The molecule has 0 unspecified atom stereocenters. The predicted molar refractivity (Wildman–Crippen MR) is 110 cm³/mol. The molecule has 0 atom stereocenters. The molecule has 0 fully saturated rings. The molecule has 2 aromatic carbocycles. The highest BCUT2D eigenvalue weighted by Crippen LogP contribution is 2.07. The van der Waals surface area contributed by atoms with Crippen LogP contribution in [0.25, 0.3) is 12.2 Å². The van der Waals surface area contributed by atoms with E-state index in [1.807, 2.05) is 30.6 Å². The Labute approximate surface area is 156 Å². The van der Waals surface area contributed by atoms with Gasteiger partial charge in [0.25, 0.3) is 0 Å². The molecule has 1 aromatic heterocycles. The van der Waals surface area contributed by atoms with Gasteiger partial charge in [-0.25, -0.2) is 0 Å². The van der Waals surface area contributed by atoms with E-state index in [-0.39, 0.29) is 0 Å². The van der Waals surface area contributed by atoms with Gasteiger partial charge in [0.1, 0.15) is 0 Å². The van der Waals surface area contributed by atoms with Crippen LogP contribution in [0.15, 0.2) is 97.3 Å². The number of hydrogen-bond acceptors (Lipinski definition) is 2. The van der Waals surface area contributed by atoms with Crippen LogP contribution in [0.4, 0.5) is 0 Å². The number of nitrogens with zero attached hydrogens (tertiary/aromatic N) is 2. The van der Waals surface area contributed by atoms with Gasteiger partial charge >= 0.3 is 0 Å². The SMILES string of the molecule is C(=C/c1ccccc1)/CN(C/C=C/c1ccccc1)Cc1cccnc1. The molecule has 0 bridgehead atoms. The summed E-state index contributed by atoms with van der Waals surface area (Å²) in [7, 11) is 0. The van der Waals surface area contributed by atoms with Crippen molar-refractivity contribution in [1.82, 2.24) is 9.88 Å². The summed E-state index contributed by atoms with van der Waals surface area (Å²) in [5.74, 6) is 0. The molecule has 3 rings (SSSR count). The normalized spacial score (nSPS) is 11.6. The third kappa shape index (κ3) is 6.15. The van der Waals surface area contributed by atoms with Crippen LogP contribution in [0.2, 0.25) is 0 Å². The molecule has 0 saturated heterocycles. The average Bonchev–Trinajstić information content (AvgIpc) is 2.70. The van der Waals surface area contributed by atoms with E-state index in [1.54, 1.807) is 0 Å². The van der Waals surface area contributed by atoms with Crippen molar-refractivity contribution < 1.29 is 0 Å². The van der Waals surface area contributed by atoms with Gasteiger partial charge in [-0.15, -0.1) is 0 Å². The highest BCUT2D eigenvalue weighted by atomic mass is 15.1. The number of benzene rings is 2. The largest absolute Gasteiger partial charge is 0.292 e. The minimum Gasteiger partial charge on any atom is -0.292 e. The summed E-state index contributed by atoms with van der Waals surface area (Å²) in [6.45, 7) is 2.66. The standard InChI is InChI=1S/C24H24N2/c1-3-10-22(11-4-1)15-8-18-26(21-24-14-7-17-25-20-24)19-9-16-23-12-5-2-6-13-23/h1-17,20H,18-19,21H2/b15-8-,16-9+. The van der Waals surface area contributed by atoms with Crippen LogP contribution in [0, 0.1) is 0 Å². The maximum Gasteiger partial charge on any atom is 0.0312 e. The molecule has 26 heavy (non-hydrogen) atoms. The zero-order chi connectivity index (χ0) is 17.9. The minimum absolute atomic E-state index is 0.881. The molecule has 0 aliphatic rings. The van der Waals surface area contributed by atoms with Crippen LogP contribution >= 0.6 is 0 Å². The van der Waals surface area contributed by atoms with Crippen molar-refractivity contribution >= 4 is 12.2 Å². The van der Waals surface area contributed by atoms with Gasteiger partial charge in [0.15, 0.2) is 0 Å².